The fraction of sp³-hybridized carbons (Fsp3) is 0.286. The van der Waals surface area contributed by atoms with Gasteiger partial charge in [0.25, 0.3) is 5.91 Å². The Hall–Kier alpha value is -2.95. The van der Waals surface area contributed by atoms with Crippen molar-refractivity contribution in [1.82, 2.24) is 10.3 Å². The van der Waals surface area contributed by atoms with Crippen LogP contribution in [0.2, 0.25) is 0 Å². The van der Waals surface area contributed by atoms with Crippen molar-refractivity contribution in [2.75, 3.05) is 19.8 Å². The Bertz CT molecular complexity index is 853. The van der Waals surface area contributed by atoms with E-state index in [9.17, 15) is 4.79 Å². The minimum atomic E-state index is -0.0998. The van der Waals surface area contributed by atoms with Crippen LogP contribution in [0.1, 0.15) is 29.9 Å². The molecule has 0 spiro atoms. The molecule has 1 amide bonds. The first-order valence-corrected chi connectivity index (χ1v) is 8.95. The summed E-state index contributed by atoms with van der Waals surface area (Å²) in [5.41, 5.74) is 2.63. The summed E-state index contributed by atoms with van der Waals surface area (Å²) in [4.78, 5) is 15.5. The van der Waals surface area contributed by atoms with Gasteiger partial charge in [0.1, 0.15) is 5.69 Å². The van der Waals surface area contributed by atoms with Crippen LogP contribution in [0.5, 0.6) is 11.5 Å². The lowest BCUT2D eigenvalue weighted by Gasteiger charge is -2.12. The highest BCUT2D eigenvalue weighted by Crippen LogP contribution is 2.28. The molecule has 3 aromatic rings. The number of hydrogen-bond acceptors (Lipinski definition) is 3. The van der Waals surface area contributed by atoms with Crippen molar-refractivity contribution in [2.45, 2.75) is 20.3 Å². The molecule has 5 heteroatoms. The Kier molecular flexibility index (Phi) is 5.79. The highest BCUT2D eigenvalue weighted by Gasteiger charge is 2.10. The number of fused-ring (bicyclic) bond motifs is 1. The van der Waals surface area contributed by atoms with E-state index in [1.165, 1.54) is 0 Å². The van der Waals surface area contributed by atoms with Crippen molar-refractivity contribution >= 4 is 16.8 Å². The molecule has 5 nitrogen and oxygen atoms in total. The monoisotopic (exact) mass is 352 g/mol. The molecule has 0 atom stereocenters. The first-order chi connectivity index (χ1) is 12.7. The Labute approximate surface area is 153 Å². The Balaban J connectivity index is 1.60. The van der Waals surface area contributed by atoms with Crippen molar-refractivity contribution in [3.8, 4) is 11.5 Å². The summed E-state index contributed by atoms with van der Waals surface area (Å²) in [5, 5.41) is 3.99. The van der Waals surface area contributed by atoms with Gasteiger partial charge in [-0.05, 0) is 50.1 Å². The van der Waals surface area contributed by atoms with Gasteiger partial charge in [-0.15, -0.1) is 0 Å². The van der Waals surface area contributed by atoms with Crippen LogP contribution in [0.3, 0.4) is 0 Å². The van der Waals surface area contributed by atoms with Crippen LogP contribution < -0.4 is 14.8 Å². The number of benzene rings is 2. The molecule has 0 aliphatic heterocycles. The SMILES string of the molecule is CCOc1ccc(CCNC(=O)c2cc3ccccc3[nH]2)cc1OCC. The number of amides is 1. The number of rotatable bonds is 8. The fourth-order valence-electron chi connectivity index (χ4n) is 2.86. The number of para-hydroxylation sites is 1. The molecule has 0 aliphatic carbocycles. The highest BCUT2D eigenvalue weighted by molar-refractivity contribution is 5.97. The molecule has 26 heavy (non-hydrogen) atoms. The van der Waals surface area contributed by atoms with E-state index in [2.05, 4.69) is 10.3 Å². The van der Waals surface area contributed by atoms with E-state index < -0.39 is 0 Å². The molecular weight excluding hydrogens is 328 g/mol. The maximum absolute atomic E-state index is 12.3. The van der Waals surface area contributed by atoms with Gasteiger partial charge in [-0.1, -0.05) is 24.3 Å². The van der Waals surface area contributed by atoms with Crippen molar-refractivity contribution in [3.05, 3.63) is 59.8 Å². The fourth-order valence-corrected chi connectivity index (χ4v) is 2.86. The molecule has 0 saturated heterocycles. The summed E-state index contributed by atoms with van der Waals surface area (Å²) in [6, 6.07) is 15.6. The number of hydrogen-bond donors (Lipinski definition) is 2. The van der Waals surface area contributed by atoms with Gasteiger partial charge in [0.2, 0.25) is 0 Å². The normalized spacial score (nSPS) is 10.7. The molecule has 2 N–H and O–H groups in total. The second-order valence-electron chi connectivity index (χ2n) is 5.92. The topological polar surface area (TPSA) is 63.3 Å². The number of carbonyl (C=O) groups excluding carboxylic acids is 1. The molecule has 1 heterocycles. The summed E-state index contributed by atoms with van der Waals surface area (Å²) in [5.74, 6) is 1.39. The van der Waals surface area contributed by atoms with Gasteiger partial charge in [0, 0.05) is 17.4 Å². The second-order valence-corrected chi connectivity index (χ2v) is 5.92. The predicted molar refractivity (Wildman–Crippen MR) is 103 cm³/mol. The molecule has 0 aliphatic rings. The zero-order valence-electron chi connectivity index (χ0n) is 15.2. The lowest BCUT2D eigenvalue weighted by atomic mass is 10.1. The van der Waals surface area contributed by atoms with E-state index >= 15 is 0 Å². The van der Waals surface area contributed by atoms with E-state index in [4.69, 9.17) is 9.47 Å². The van der Waals surface area contributed by atoms with Crippen LogP contribution in [0.15, 0.2) is 48.5 Å². The van der Waals surface area contributed by atoms with Gasteiger partial charge in [-0.3, -0.25) is 4.79 Å². The second kappa shape index (κ2) is 8.43. The van der Waals surface area contributed by atoms with Crippen LogP contribution in [0.25, 0.3) is 10.9 Å². The van der Waals surface area contributed by atoms with Crippen molar-refractivity contribution in [3.63, 3.8) is 0 Å². The summed E-state index contributed by atoms with van der Waals surface area (Å²) in [6.07, 6.45) is 0.721. The first kappa shape index (κ1) is 17.9. The minimum Gasteiger partial charge on any atom is -0.490 e. The van der Waals surface area contributed by atoms with Crippen molar-refractivity contribution < 1.29 is 14.3 Å². The zero-order valence-corrected chi connectivity index (χ0v) is 15.2. The highest BCUT2D eigenvalue weighted by atomic mass is 16.5. The summed E-state index contributed by atoms with van der Waals surface area (Å²) in [6.45, 7) is 5.63. The van der Waals surface area contributed by atoms with Crippen LogP contribution >= 0.6 is 0 Å². The van der Waals surface area contributed by atoms with Crippen LogP contribution in [-0.2, 0) is 6.42 Å². The number of aromatic nitrogens is 1. The van der Waals surface area contributed by atoms with Crippen molar-refractivity contribution in [1.29, 1.82) is 0 Å². The lowest BCUT2D eigenvalue weighted by Crippen LogP contribution is -2.25. The van der Waals surface area contributed by atoms with Crippen molar-refractivity contribution in [2.24, 2.45) is 0 Å². The summed E-state index contributed by atoms with van der Waals surface area (Å²) >= 11 is 0. The van der Waals surface area contributed by atoms with E-state index in [0.29, 0.717) is 25.5 Å². The smallest absolute Gasteiger partial charge is 0.267 e. The predicted octanol–water partition coefficient (Wildman–Crippen LogP) is 3.94. The molecular formula is C21H24N2O3. The maximum Gasteiger partial charge on any atom is 0.267 e. The van der Waals surface area contributed by atoms with E-state index in [1.54, 1.807) is 0 Å². The number of H-pyrrole nitrogens is 1. The first-order valence-electron chi connectivity index (χ1n) is 8.95. The lowest BCUT2D eigenvalue weighted by molar-refractivity contribution is 0.0950. The van der Waals surface area contributed by atoms with Gasteiger partial charge >= 0.3 is 0 Å². The Morgan fingerprint density at radius 2 is 1.77 bits per heavy atom. The van der Waals surface area contributed by atoms with E-state index in [1.807, 2.05) is 62.4 Å². The van der Waals surface area contributed by atoms with Crippen LogP contribution in [0.4, 0.5) is 0 Å². The summed E-state index contributed by atoms with van der Waals surface area (Å²) in [7, 11) is 0. The number of nitrogens with one attached hydrogen (secondary N) is 2. The molecule has 2 aromatic carbocycles. The molecule has 0 unspecified atom stereocenters. The molecule has 136 valence electrons. The number of ether oxygens (including phenoxy) is 2. The Morgan fingerprint density at radius 1 is 1.00 bits per heavy atom. The standard InChI is InChI=1S/C21H24N2O3/c1-3-25-19-10-9-15(13-20(19)26-4-2)11-12-22-21(24)18-14-16-7-5-6-8-17(16)23-18/h5-10,13-14,23H,3-4,11-12H2,1-2H3,(H,22,24). The van der Waals surface area contributed by atoms with Gasteiger partial charge in [0.15, 0.2) is 11.5 Å². The third kappa shape index (κ3) is 4.17. The van der Waals surface area contributed by atoms with Crippen LogP contribution in [-0.4, -0.2) is 30.6 Å². The number of aromatic amines is 1. The molecule has 0 radical (unpaired) electrons. The third-order valence-electron chi connectivity index (χ3n) is 4.08. The molecule has 3 rings (SSSR count). The van der Waals surface area contributed by atoms with Gasteiger partial charge in [-0.25, -0.2) is 0 Å². The van der Waals surface area contributed by atoms with Gasteiger partial charge in [-0.2, -0.15) is 0 Å². The van der Waals surface area contributed by atoms with Gasteiger partial charge in [0.05, 0.1) is 13.2 Å². The molecule has 0 bridgehead atoms. The van der Waals surface area contributed by atoms with E-state index in [-0.39, 0.29) is 5.91 Å². The Morgan fingerprint density at radius 3 is 2.54 bits per heavy atom. The van der Waals surface area contributed by atoms with Crippen LogP contribution in [0, 0.1) is 0 Å². The van der Waals surface area contributed by atoms with E-state index in [0.717, 1.165) is 34.4 Å². The maximum atomic E-state index is 12.3. The molecule has 0 fully saturated rings. The minimum absolute atomic E-state index is 0.0998. The largest absolute Gasteiger partial charge is 0.490 e. The number of carbonyl (C=O) groups is 1. The average molecular weight is 352 g/mol. The average Bonchev–Trinajstić information content (AvgIpc) is 3.08. The zero-order chi connectivity index (χ0) is 18.4. The third-order valence-corrected chi connectivity index (χ3v) is 4.08. The van der Waals surface area contributed by atoms with Gasteiger partial charge < -0.3 is 19.8 Å². The quantitative estimate of drug-likeness (QED) is 0.645. The molecule has 0 saturated carbocycles. The summed E-state index contributed by atoms with van der Waals surface area (Å²) < 4.78 is 11.2. The molecule has 1 aromatic heterocycles.